The number of likely N-dealkylation sites (N-methyl/N-ethyl adjacent to an activating group) is 1. The number of amides is 1. The minimum absolute atomic E-state index is 0.00820. The first-order valence-electron chi connectivity index (χ1n) is 7.32. The lowest BCUT2D eigenvalue weighted by atomic mass is 10.1. The van der Waals surface area contributed by atoms with E-state index in [1.165, 1.54) is 17.0 Å². The van der Waals surface area contributed by atoms with E-state index in [0.29, 0.717) is 17.1 Å². The van der Waals surface area contributed by atoms with E-state index >= 15 is 0 Å². The molecular formula is C18H18ClNO4. The SMILES string of the molecule is Cc1ccc(C(=O)OCC(=O)N(C)Cc2cccc(Cl)c2)cc1O. The van der Waals surface area contributed by atoms with Gasteiger partial charge in [-0.05, 0) is 42.3 Å². The van der Waals surface area contributed by atoms with Crippen LogP contribution in [0.4, 0.5) is 0 Å². The second-order valence-corrected chi connectivity index (χ2v) is 5.89. The summed E-state index contributed by atoms with van der Waals surface area (Å²) in [5.41, 5.74) is 1.74. The fourth-order valence-corrected chi connectivity index (χ4v) is 2.27. The molecule has 0 aliphatic carbocycles. The van der Waals surface area contributed by atoms with E-state index in [4.69, 9.17) is 16.3 Å². The molecule has 0 fully saturated rings. The van der Waals surface area contributed by atoms with Gasteiger partial charge in [-0.1, -0.05) is 29.8 Å². The van der Waals surface area contributed by atoms with Crippen LogP contribution in [0.5, 0.6) is 5.75 Å². The Kier molecular flexibility index (Phi) is 5.82. The lowest BCUT2D eigenvalue weighted by Crippen LogP contribution is -2.30. The molecule has 0 radical (unpaired) electrons. The van der Waals surface area contributed by atoms with Gasteiger partial charge in [-0.3, -0.25) is 4.79 Å². The standard InChI is InChI=1S/C18H18ClNO4/c1-12-6-7-14(9-16(12)21)18(23)24-11-17(22)20(2)10-13-4-3-5-15(19)8-13/h3-9,21H,10-11H2,1-2H3. The summed E-state index contributed by atoms with van der Waals surface area (Å²) in [5.74, 6) is -0.983. The lowest BCUT2D eigenvalue weighted by molar-refractivity contribution is -0.133. The molecular weight excluding hydrogens is 330 g/mol. The number of carbonyl (C=O) groups excluding carboxylic acids is 2. The molecule has 24 heavy (non-hydrogen) atoms. The molecule has 0 saturated heterocycles. The number of nitrogens with zero attached hydrogens (tertiary/aromatic N) is 1. The third-order valence-corrected chi connectivity index (χ3v) is 3.74. The fraction of sp³-hybridized carbons (Fsp3) is 0.222. The molecule has 0 unspecified atom stereocenters. The first-order valence-corrected chi connectivity index (χ1v) is 7.70. The molecule has 0 saturated carbocycles. The molecule has 0 atom stereocenters. The number of carbonyl (C=O) groups is 2. The summed E-state index contributed by atoms with van der Waals surface area (Å²) in [5, 5.41) is 10.2. The number of aryl methyl sites for hydroxylation is 1. The number of esters is 1. The highest BCUT2D eigenvalue weighted by Gasteiger charge is 2.14. The third-order valence-electron chi connectivity index (χ3n) is 3.51. The Morgan fingerprint density at radius 3 is 2.62 bits per heavy atom. The Labute approximate surface area is 145 Å². The molecule has 0 aliphatic rings. The summed E-state index contributed by atoms with van der Waals surface area (Å²) in [4.78, 5) is 25.4. The van der Waals surface area contributed by atoms with Gasteiger partial charge in [-0.15, -0.1) is 0 Å². The van der Waals surface area contributed by atoms with E-state index in [0.717, 1.165) is 5.56 Å². The number of benzene rings is 2. The molecule has 5 nitrogen and oxygen atoms in total. The average Bonchev–Trinajstić information content (AvgIpc) is 2.54. The van der Waals surface area contributed by atoms with E-state index < -0.39 is 5.97 Å². The lowest BCUT2D eigenvalue weighted by Gasteiger charge is -2.17. The van der Waals surface area contributed by atoms with Crippen LogP contribution in [0.25, 0.3) is 0 Å². The van der Waals surface area contributed by atoms with Crippen LogP contribution in [-0.2, 0) is 16.1 Å². The minimum Gasteiger partial charge on any atom is -0.508 e. The largest absolute Gasteiger partial charge is 0.508 e. The van der Waals surface area contributed by atoms with Crippen LogP contribution in [0.15, 0.2) is 42.5 Å². The zero-order valence-corrected chi connectivity index (χ0v) is 14.2. The number of ether oxygens (including phenoxy) is 1. The molecule has 2 rings (SSSR count). The van der Waals surface area contributed by atoms with E-state index in [1.807, 2.05) is 6.07 Å². The smallest absolute Gasteiger partial charge is 0.338 e. The summed E-state index contributed by atoms with van der Waals surface area (Å²) in [6, 6.07) is 11.7. The Hall–Kier alpha value is -2.53. The van der Waals surface area contributed by atoms with Gasteiger partial charge in [-0.25, -0.2) is 4.79 Å². The summed E-state index contributed by atoms with van der Waals surface area (Å²) >= 11 is 5.91. The van der Waals surface area contributed by atoms with Crippen LogP contribution in [0.1, 0.15) is 21.5 Å². The average molecular weight is 348 g/mol. The van der Waals surface area contributed by atoms with Gasteiger partial charge >= 0.3 is 5.97 Å². The van der Waals surface area contributed by atoms with Crippen molar-refractivity contribution in [2.24, 2.45) is 0 Å². The topological polar surface area (TPSA) is 66.8 Å². The molecule has 126 valence electrons. The van der Waals surface area contributed by atoms with Crippen molar-refractivity contribution < 1.29 is 19.4 Å². The second kappa shape index (κ2) is 7.84. The number of hydrogen-bond acceptors (Lipinski definition) is 4. The van der Waals surface area contributed by atoms with Gasteiger partial charge in [0.05, 0.1) is 5.56 Å². The molecule has 0 heterocycles. The van der Waals surface area contributed by atoms with Gasteiger partial charge in [0.2, 0.25) is 0 Å². The molecule has 2 aromatic rings. The van der Waals surface area contributed by atoms with Crippen molar-refractivity contribution in [3.8, 4) is 5.75 Å². The van der Waals surface area contributed by atoms with Gasteiger partial charge in [-0.2, -0.15) is 0 Å². The fourth-order valence-electron chi connectivity index (χ4n) is 2.05. The first kappa shape index (κ1) is 17.8. The Bertz CT molecular complexity index is 760. The summed E-state index contributed by atoms with van der Waals surface area (Å²) in [6.07, 6.45) is 0. The van der Waals surface area contributed by atoms with Crippen LogP contribution < -0.4 is 0 Å². The Morgan fingerprint density at radius 2 is 1.96 bits per heavy atom. The molecule has 0 aliphatic heterocycles. The zero-order valence-electron chi connectivity index (χ0n) is 13.5. The Morgan fingerprint density at radius 1 is 1.21 bits per heavy atom. The van der Waals surface area contributed by atoms with Crippen molar-refractivity contribution in [3.05, 3.63) is 64.2 Å². The molecule has 0 aromatic heterocycles. The number of phenols is 1. The van der Waals surface area contributed by atoms with E-state index in [1.54, 1.807) is 38.2 Å². The summed E-state index contributed by atoms with van der Waals surface area (Å²) in [7, 11) is 1.62. The third kappa shape index (κ3) is 4.73. The van der Waals surface area contributed by atoms with Gasteiger partial charge in [0.1, 0.15) is 5.75 Å². The maximum Gasteiger partial charge on any atom is 0.338 e. The van der Waals surface area contributed by atoms with Crippen LogP contribution in [0, 0.1) is 6.92 Å². The van der Waals surface area contributed by atoms with Gasteiger partial charge in [0.15, 0.2) is 6.61 Å². The number of rotatable bonds is 5. The van der Waals surface area contributed by atoms with Gasteiger partial charge < -0.3 is 14.7 Å². The van der Waals surface area contributed by atoms with Crippen molar-refractivity contribution in [1.29, 1.82) is 0 Å². The zero-order chi connectivity index (χ0) is 17.7. The van der Waals surface area contributed by atoms with Crippen LogP contribution in [-0.4, -0.2) is 35.5 Å². The van der Waals surface area contributed by atoms with Crippen molar-refractivity contribution in [1.82, 2.24) is 4.90 Å². The summed E-state index contributed by atoms with van der Waals surface area (Å²) < 4.78 is 5.00. The van der Waals surface area contributed by atoms with Gasteiger partial charge in [0.25, 0.3) is 5.91 Å². The van der Waals surface area contributed by atoms with Crippen molar-refractivity contribution >= 4 is 23.5 Å². The first-order chi connectivity index (χ1) is 11.4. The number of hydrogen-bond donors (Lipinski definition) is 1. The van der Waals surface area contributed by atoms with Crippen molar-refractivity contribution in [2.75, 3.05) is 13.7 Å². The van der Waals surface area contributed by atoms with Crippen molar-refractivity contribution in [3.63, 3.8) is 0 Å². The monoisotopic (exact) mass is 347 g/mol. The van der Waals surface area contributed by atoms with Crippen LogP contribution in [0.2, 0.25) is 5.02 Å². The second-order valence-electron chi connectivity index (χ2n) is 5.46. The highest BCUT2D eigenvalue weighted by Crippen LogP contribution is 2.18. The van der Waals surface area contributed by atoms with Crippen LogP contribution in [0.3, 0.4) is 0 Å². The molecule has 0 spiro atoms. The molecule has 1 N–H and O–H groups in total. The highest BCUT2D eigenvalue weighted by molar-refractivity contribution is 6.30. The van der Waals surface area contributed by atoms with E-state index in [2.05, 4.69) is 0 Å². The normalized spacial score (nSPS) is 10.3. The summed E-state index contributed by atoms with van der Waals surface area (Å²) in [6.45, 7) is 1.71. The molecule has 0 bridgehead atoms. The molecule has 2 aromatic carbocycles. The predicted molar refractivity (Wildman–Crippen MR) is 91.1 cm³/mol. The molecule has 1 amide bonds. The highest BCUT2D eigenvalue weighted by atomic mass is 35.5. The maximum absolute atomic E-state index is 12.1. The molecule has 6 heteroatoms. The number of halogens is 1. The van der Waals surface area contributed by atoms with Crippen LogP contribution >= 0.6 is 11.6 Å². The van der Waals surface area contributed by atoms with E-state index in [9.17, 15) is 14.7 Å². The minimum atomic E-state index is -0.658. The Balaban J connectivity index is 1.89. The predicted octanol–water partition coefficient (Wildman–Crippen LogP) is 3.17. The maximum atomic E-state index is 12.1. The number of aromatic hydroxyl groups is 1. The van der Waals surface area contributed by atoms with Crippen molar-refractivity contribution in [2.45, 2.75) is 13.5 Å². The van der Waals surface area contributed by atoms with Gasteiger partial charge in [0, 0.05) is 18.6 Å². The number of phenolic OH excluding ortho intramolecular Hbond substituents is 1. The van der Waals surface area contributed by atoms with E-state index in [-0.39, 0.29) is 23.8 Å². The quantitative estimate of drug-likeness (QED) is 0.844.